The zero-order chi connectivity index (χ0) is 16.1. The first kappa shape index (κ1) is 26.1. The van der Waals surface area contributed by atoms with Crippen LogP contribution in [0.4, 0.5) is 0 Å². The summed E-state index contributed by atoms with van der Waals surface area (Å²) in [6.07, 6.45) is 10.1. The lowest BCUT2D eigenvalue weighted by Gasteiger charge is -2.06. The average Bonchev–Trinajstić information content (AvgIpc) is 2.54. The molecule has 0 heterocycles. The van der Waals surface area contributed by atoms with Crippen LogP contribution in [0.3, 0.4) is 0 Å². The van der Waals surface area contributed by atoms with Crippen LogP contribution in [0.5, 0.6) is 0 Å². The molecule has 0 amide bonds. The molecule has 6 N–H and O–H groups in total. The predicted octanol–water partition coefficient (Wildman–Crippen LogP) is 3.01. The van der Waals surface area contributed by atoms with Crippen LogP contribution in [0, 0.1) is 0 Å². The van der Waals surface area contributed by atoms with E-state index in [1.165, 1.54) is 62.9 Å². The van der Waals surface area contributed by atoms with E-state index in [9.17, 15) is 0 Å². The van der Waals surface area contributed by atoms with Gasteiger partial charge in [0.1, 0.15) is 0 Å². The van der Waals surface area contributed by atoms with Gasteiger partial charge in [-0.2, -0.15) is 0 Å². The van der Waals surface area contributed by atoms with Gasteiger partial charge in [0.25, 0.3) is 0 Å². The Bertz CT molecular complexity index is 183. The molecule has 0 saturated carbocycles. The molecule has 7 heteroatoms. The van der Waals surface area contributed by atoms with E-state index in [-0.39, 0.29) is 12.4 Å². The summed E-state index contributed by atoms with van der Waals surface area (Å²) in [5.41, 5.74) is 10.9. The van der Waals surface area contributed by atoms with Crippen LogP contribution in [0.25, 0.3) is 0 Å². The number of hydrogen-bond donors (Lipinski definition) is 4. The third-order valence-electron chi connectivity index (χ3n) is 3.42. The SMILES string of the molecule is Cl.NCCCCCCNCCSSCCNCCCCCCN. The molecular formula is C16H39ClN4S2. The molecule has 0 aromatic carbocycles. The molecule has 0 aromatic heterocycles. The molecule has 0 aliphatic heterocycles. The van der Waals surface area contributed by atoms with Crippen molar-refractivity contribution in [3.63, 3.8) is 0 Å². The maximum Gasteiger partial charge on any atom is 0.0162 e. The Morgan fingerprint density at radius 3 is 1.30 bits per heavy atom. The summed E-state index contributed by atoms with van der Waals surface area (Å²) in [4.78, 5) is 0. The average molecular weight is 387 g/mol. The number of hydrogen-bond acceptors (Lipinski definition) is 6. The number of halogens is 1. The molecule has 0 fully saturated rings. The fourth-order valence-electron chi connectivity index (χ4n) is 2.09. The van der Waals surface area contributed by atoms with Gasteiger partial charge in [-0.05, 0) is 51.9 Å². The summed E-state index contributed by atoms with van der Waals surface area (Å²) in [6, 6.07) is 0. The van der Waals surface area contributed by atoms with Gasteiger partial charge < -0.3 is 22.1 Å². The van der Waals surface area contributed by atoms with E-state index in [4.69, 9.17) is 11.5 Å². The Morgan fingerprint density at radius 2 is 0.913 bits per heavy atom. The van der Waals surface area contributed by atoms with E-state index < -0.39 is 0 Å². The van der Waals surface area contributed by atoms with Crippen molar-refractivity contribution < 1.29 is 0 Å². The van der Waals surface area contributed by atoms with Crippen molar-refractivity contribution in [2.45, 2.75) is 51.4 Å². The highest BCUT2D eigenvalue weighted by Gasteiger charge is 1.93. The van der Waals surface area contributed by atoms with Gasteiger partial charge in [-0.1, -0.05) is 47.3 Å². The number of nitrogens with two attached hydrogens (primary N) is 2. The van der Waals surface area contributed by atoms with Crippen LogP contribution in [0.2, 0.25) is 0 Å². The minimum absolute atomic E-state index is 0. The van der Waals surface area contributed by atoms with E-state index in [0.717, 1.165) is 39.3 Å². The molecule has 0 aliphatic carbocycles. The Balaban J connectivity index is 0. The first-order chi connectivity index (χ1) is 10.9. The third-order valence-corrected chi connectivity index (χ3v) is 5.83. The highest BCUT2D eigenvalue weighted by Crippen LogP contribution is 2.19. The Kier molecular flexibility index (Phi) is 28.4. The molecule has 0 unspecified atom stereocenters. The molecule has 0 aromatic rings. The second-order valence-electron chi connectivity index (χ2n) is 5.55. The topological polar surface area (TPSA) is 76.1 Å². The van der Waals surface area contributed by atoms with E-state index in [0.29, 0.717) is 0 Å². The van der Waals surface area contributed by atoms with Crippen LogP contribution in [-0.4, -0.2) is 50.8 Å². The van der Waals surface area contributed by atoms with Crippen LogP contribution in [0.15, 0.2) is 0 Å². The largest absolute Gasteiger partial charge is 0.330 e. The number of rotatable bonds is 19. The maximum absolute atomic E-state index is 5.47. The van der Waals surface area contributed by atoms with Crippen LogP contribution >= 0.6 is 34.0 Å². The van der Waals surface area contributed by atoms with Crippen LogP contribution in [0.1, 0.15) is 51.4 Å². The monoisotopic (exact) mass is 386 g/mol. The maximum atomic E-state index is 5.47. The lowest BCUT2D eigenvalue weighted by Crippen LogP contribution is -2.19. The highest BCUT2D eigenvalue weighted by atomic mass is 35.5. The first-order valence-corrected chi connectivity index (χ1v) is 11.5. The summed E-state index contributed by atoms with van der Waals surface area (Å²) < 4.78 is 0. The standard InChI is InChI=1S/C16H38N4S2.ClH/c17-9-5-1-3-7-11-19-13-15-21-22-16-14-20-12-8-4-2-6-10-18;/h19-20H,1-18H2;1H. The van der Waals surface area contributed by atoms with Crippen molar-refractivity contribution in [3.05, 3.63) is 0 Å². The molecule has 0 radical (unpaired) electrons. The summed E-state index contributed by atoms with van der Waals surface area (Å²) in [5.74, 6) is 2.40. The second-order valence-corrected chi connectivity index (χ2v) is 8.25. The molecule has 0 saturated heterocycles. The van der Waals surface area contributed by atoms with E-state index in [2.05, 4.69) is 10.6 Å². The van der Waals surface area contributed by atoms with Crippen molar-refractivity contribution in [1.29, 1.82) is 0 Å². The highest BCUT2D eigenvalue weighted by molar-refractivity contribution is 8.76. The van der Waals surface area contributed by atoms with Gasteiger partial charge in [0.2, 0.25) is 0 Å². The van der Waals surface area contributed by atoms with Gasteiger partial charge in [0, 0.05) is 24.6 Å². The van der Waals surface area contributed by atoms with Crippen LogP contribution < -0.4 is 22.1 Å². The van der Waals surface area contributed by atoms with Crippen LogP contribution in [-0.2, 0) is 0 Å². The van der Waals surface area contributed by atoms with Crippen molar-refractivity contribution in [2.75, 3.05) is 50.8 Å². The minimum atomic E-state index is 0. The lowest BCUT2D eigenvalue weighted by molar-refractivity contribution is 0.603. The van der Waals surface area contributed by atoms with Gasteiger partial charge in [0.15, 0.2) is 0 Å². The second kappa shape index (κ2) is 25.1. The molecule has 23 heavy (non-hydrogen) atoms. The third kappa shape index (κ3) is 25.2. The van der Waals surface area contributed by atoms with E-state index >= 15 is 0 Å². The smallest absolute Gasteiger partial charge is 0.0162 e. The van der Waals surface area contributed by atoms with Gasteiger partial charge in [0.05, 0.1) is 0 Å². The molecule has 0 atom stereocenters. The van der Waals surface area contributed by atoms with Crippen molar-refractivity contribution in [2.24, 2.45) is 11.5 Å². The molecule has 0 bridgehead atoms. The molecule has 0 aliphatic rings. The van der Waals surface area contributed by atoms with Gasteiger partial charge >= 0.3 is 0 Å². The molecule has 0 rings (SSSR count). The molecule has 0 spiro atoms. The van der Waals surface area contributed by atoms with Gasteiger partial charge in [-0.15, -0.1) is 12.4 Å². The summed E-state index contributed by atoms with van der Waals surface area (Å²) in [6.45, 7) is 6.24. The number of nitrogens with one attached hydrogen (secondary N) is 2. The van der Waals surface area contributed by atoms with E-state index in [1.54, 1.807) is 0 Å². The Labute approximate surface area is 158 Å². The van der Waals surface area contributed by atoms with Crippen molar-refractivity contribution in [1.82, 2.24) is 10.6 Å². The van der Waals surface area contributed by atoms with Gasteiger partial charge in [-0.25, -0.2) is 0 Å². The van der Waals surface area contributed by atoms with Crippen molar-refractivity contribution >= 4 is 34.0 Å². The summed E-state index contributed by atoms with van der Waals surface area (Å²) >= 11 is 0. The van der Waals surface area contributed by atoms with Crippen molar-refractivity contribution in [3.8, 4) is 0 Å². The summed E-state index contributed by atoms with van der Waals surface area (Å²) in [5, 5.41) is 7.02. The molecular weight excluding hydrogens is 348 g/mol. The molecule has 4 nitrogen and oxygen atoms in total. The quantitative estimate of drug-likeness (QED) is 0.202. The number of unbranched alkanes of at least 4 members (excludes halogenated alkanes) is 6. The van der Waals surface area contributed by atoms with Gasteiger partial charge in [-0.3, -0.25) is 0 Å². The first-order valence-electron chi connectivity index (χ1n) is 8.97. The fourth-order valence-corrected chi connectivity index (χ4v) is 3.99. The zero-order valence-corrected chi connectivity index (χ0v) is 17.1. The molecule has 142 valence electrons. The normalized spacial score (nSPS) is 10.7. The predicted molar refractivity (Wildman–Crippen MR) is 113 cm³/mol. The minimum Gasteiger partial charge on any atom is -0.330 e. The van der Waals surface area contributed by atoms with E-state index in [1.807, 2.05) is 21.6 Å². The Hall–Kier alpha value is 0.830. The summed E-state index contributed by atoms with van der Waals surface area (Å²) in [7, 11) is 3.97. The Morgan fingerprint density at radius 1 is 0.522 bits per heavy atom. The lowest BCUT2D eigenvalue weighted by atomic mass is 10.2. The fraction of sp³-hybridized carbons (Fsp3) is 1.00. The zero-order valence-electron chi connectivity index (χ0n) is 14.7.